The Morgan fingerprint density at radius 3 is 1.78 bits per heavy atom. The third-order valence-corrected chi connectivity index (χ3v) is 1.90. The van der Waals surface area contributed by atoms with E-state index in [-0.39, 0.29) is 5.75 Å². The van der Waals surface area contributed by atoms with Crippen LogP contribution >= 0.6 is 0 Å². The summed E-state index contributed by atoms with van der Waals surface area (Å²) < 4.78 is 21.1. The molecule has 0 amide bonds. The molecule has 0 aromatic rings. The van der Waals surface area contributed by atoms with Crippen LogP contribution in [0.3, 0.4) is 0 Å². The van der Waals surface area contributed by atoms with E-state index in [9.17, 15) is 8.42 Å². The van der Waals surface area contributed by atoms with E-state index in [1.54, 1.807) is 13.8 Å². The maximum Gasteiger partial charge on any atom is 0.149 e. The molecule has 0 radical (unpaired) electrons. The highest BCUT2D eigenvalue weighted by molar-refractivity contribution is 7.90. The normalized spacial score (nSPS) is 13.8. The standard InChI is InChI=1S/C5H13NO2S/c1-5(2,6)4-9(3,7)8/h4,6H2,1-3H3. The second-order valence-corrected chi connectivity index (χ2v) is 5.20. The van der Waals surface area contributed by atoms with E-state index in [1.807, 2.05) is 0 Å². The van der Waals surface area contributed by atoms with Crippen molar-refractivity contribution in [3.8, 4) is 0 Å². The van der Waals surface area contributed by atoms with Crippen molar-refractivity contribution < 1.29 is 8.42 Å². The summed E-state index contributed by atoms with van der Waals surface area (Å²) in [5.74, 6) is 0.0417. The van der Waals surface area contributed by atoms with Crippen molar-refractivity contribution in [3.63, 3.8) is 0 Å². The summed E-state index contributed by atoms with van der Waals surface area (Å²) in [6.07, 6.45) is 1.18. The Bertz CT molecular complexity index is 176. The molecule has 9 heavy (non-hydrogen) atoms. The van der Waals surface area contributed by atoms with Gasteiger partial charge in [-0.3, -0.25) is 0 Å². The van der Waals surface area contributed by atoms with Crippen molar-refractivity contribution >= 4 is 9.84 Å². The minimum Gasteiger partial charge on any atom is -0.325 e. The van der Waals surface area contributed by atoms with Gasteiger partial charge in [-0.25, -0.2) is 8.42 Å². The third-order valence-electron chi connectivity index (χ3n) is 0.634. The molecular formula is C5H13NO2S. The fourth-order valence-corrected chi connectivity index (χ4v) is 2.03. The van der Waals surface area contributed by atoms with E-state index in [4.69, 9.17) is 5.73 Å². The lowest BCUT2D eigenvalue weighted by molar-refractivity contribution is 0.548. The van der Waals surface area contributed by atoms with Crippen LogP contribution < -0.4 is 5.73 Å². The van der Waals surface area contributed by atoms with Crippen molar-refractivity contribution in [2.75, 3.05) is 12.0 Å². The van der Waals surface area contributed by atoms with Crippen LogP contribution in [0.2, 0.25) is 0 Å². The Kier molecular flexibility index (Phi) is 2.24. The molecule has 0 spiro atoms. The SMILES string of the molecule is CC(C)(N)CS(C)(=O)=O. The quantitative estimate of drug-likeness (QED) is 0.593. The molecule has 0 unspecified atom stereocenters. The van der Waals surface area contributed by atoms with Gasteiger partial charge < -0.3 is 5.73 Å². The number of hydrogen-bond acceptors (Lipinski definition) is 3. The molecule has 56 valence electrons. The Hall–Kier alpha value is -0.0900. The minimum absolute atomic E-state index is 0.0417. The van der Waals surface area contributed by atoms with Gasteiger partial charge in [-0.15, -0.1) is 0 Å². The first-order chi connectivity index (χ1) is 3.71. The van der Waals surface area contributed by atoms with Gasteiger partial charge >= 0.3 is 0 Å². The first-order valence-electron chi connectivity index (χ1n) is 2.67. The van der Waals surface area contributed by atoms with Crippen LogP contribution in [0.25, 0.3) is 0 Å². The molecule has 0 heterocycles. The molecule has 0 fully saturated rings. The number of sulfone groups is 1. The van der Waals surface area contributed by atoms with Gasteiger partial charge in [0.2, 0.25) is 0 Å². The van der Waals surface area contributed by atoms with Gasteiger partial charge in [0.1, 0.15) is 9.84 Å². The molecule has 0 aliphatic rings. The summed E-state index contributed by atoms with van der Waals surface area (Å²) in [6.45, 7) is 3.38. The fraction of sp³-hybridized carbons (Fsp3) is 1.00. The first-order valence-corrected chi connectivity index (χ1v) is 4.73. The molecule has 0 bridgehead atoms. The topological polar surface area (TPSA) is 60.2 Å². The van der Waals surface area contributed by atoms with Crippen molar-refractivity contribution in [1.29, 1.82) is 0 Å². The van der Waals surface area contributed by atoms with Crippen LogP contribution in [0.15, 0.2) is 0 Å². The largest absolute Gasteiger partial charge is 0.325 e. The maximum absolute atomic E-state index is 10.6. The predicted octanol–water partition coefficient (Wildman–Crippen LogP) is -0.232. The fourth-order valence-electron chi connectivity index (χ4n) is 0.676. The van der Waals surface area contributed by atoms with Gasteiger partial charge in [0, 0.05) is 11.8 Å². The summed E-state index contributed by atoms with van der Waals surface area (Å²) in [6, 6.07) is 0. The van der Waals surface area contributed by atoms with E-state index in [1.165, 1.54) is 6.26 Å². The molecule has 0 aromatic heterocycles. The van der Waals surface area contributed by atoms with Crippen LogP contribution in [0.1, 0.15) is 13.8 Å². The molecule has 0 saturated heterocycles. The van der Waals surface area contributed by atoms with Crippen LogP contribution in [-0.2, 0) is 9.84 Å². The smallest absolute Gasteiger partial charge is 0.149 e. The summed E-state index contributed by atoms with van der Waals surface area (Å²) in [5.41, 5.74) is 4.84. The molecule has 0 aromatic carbocycles. The molecule has 0 saturated carbocycles. The maximum atomic E-state index is 10.6. The van der Waals surface area contributed by atoms with E-state index >= 15 is 0 Å². The summed E-state index contributed by atoms with van der Waals surface area (Å²) in [4.78, 5) is 0. The van der Waals surface area contributed by atoms with Gasteiger partial charge in [-0.05, 0) is 13.8 Å². The first kappa shape index (κ1) is 8.91. The Morgan fingerprint density at radius 2 is 1.78 bits per heavy atom. The molecule has 2 N–H and O–H groups in total. The Morgan fingerprint density at radius 1 is 1.44 bits per heavy atom. The molecule has 3 nitrogen and oxygen atoms in total. The molecule has 0 aliphatic carbocycles. The number of hydrogen-bond donors (Lipinski definition) is 1. The average Bonchev–Trinajstić information content (AvgIpc) is 1.14. The Balaban J connectivity index is 4.07. The second-order valence-electron chi connectivity index (χ2n) is 3.06. The summed E-state index contributed by atoms with van der Waals surface area (Å²) in [7, 11) is -2.91. The van der Waals surface area contributed by atoms with E-state index in [0.717, 1.165) is 0 Å². The number of nitrogens with two attached hydrogens (primary N) is 1. The van der Waals surface area contributed by atoms with E-state index < -0.39 is 15.4 Å². The lowest BCUT2D eigenvalue weighted by Gasteiger charge is -2.15. The zero-order chi connectivity index (χ0) is 7.71. The molecular weight excluding hydrogens is 138 g/mol. The van der Waals surface area contributed by atoms with Gasteiger partial charge in [-0.2, -0.15) is 0 Å². The van der Waals surface area contributed by atoms with Crippen molar-refractivity contribution in [2.24, 2.45) is 5.73 Å². The molecule has 4 heteroatoms. The zero-order valence-electron chi connectivity index (χ0n) is 6.01. The van der Waals surface area contributed by atoms with E-state index in [0.29, 0.717) is 0 Å². The summed E-state index contributed by atoms with van der Waals surface area (Å²) in [5, 5.41) is 0. The van der Waals surface area contributed by atoms with Crippen LogP contribution in [-0.4, -0.2) is 26.0 Å². The van der Waals surface area contributed by atoms with Gasteiger partial charge in [0.15, 0.2) is 0 Å². The third kappa shape index (κ3) is 7.91. The van der Waals surface area contributed by atoms with Crippen molar-refractivity contribution in [2.45, 2.75) is 19.4 Å². The highest BCUT2D eigenvalue weighted by atomic mass is 32.2. The lowest BCUT2D eigenvalue weighted by atomic mass is 10.1. The Labute approximate surface area is 56.2 Å². The van der Waals surface area contributed by atoms with Gasteiger partial charge in [0.25, 0.3) is 0 Å². The van der Waals surface area contributed by atoms with Crippen LogP contribution in [0.5, 0.6) is 0 Å². The monoisotopic (exact) mass is 151 g/mol. The zero-order valence-corrected chi connectivity index (χ0v) is 6.83. The van der Waals surface area contributed by atoms with Gasteiger partial charge in [-0.1, -0.05) is 0 Å². The second kappa shape index (κ2) is 2.27. The van der Waals surface area contributed by atoms with Crippen molar-refractivity contribution in [1.82, 2.24) is 0 Å². The molecule has 0 aliphatic heterocycles. The lowest BCUT2D eigenvalue weighted by Crippen LogP contribution is -2.39. The average molecular weight is 151 g/mol. The summed E-state index contributed by atoms with van der Waals surface area (Å²) >= 11 is 0. The molecule has 0 rings (SSSR count). The highest BCUT2D eigenvalue weighted by Gasteiger charge is 2.17. The van der Waals surface area contributed by atoms with E-state index in [2.05, 4.69) is 0 Å². The van der Waals surface area contributed by atoms with Crippen LogP contribution in [0, 0.1) is 0 Å². The predicted molar refractivity (Wildman–Crippen MR) is 38.0 cm³/mol. The molecule has 0 atom stereocenters. The number of rotatable bonds is 2. The highest BCUT2D eigenvalue weighted by Crippen LogP contribution is 1.99. The minimum atomic E-state index is -2.91. The van der Waals surface area contributed by atoms with Crippen molar-refractivity contribution in [3.05, 3.63) is 0 Å². The van der Waals surface area contributed by atoms with Gasteiger partial charge in [0.05, 0.1) is 5.75 Å². The van der Waals surface area contributed by atoms with Crippen LogP contribution in [0.4, 0.5) is 0 Å².